The smallest absolute Gasteiger partial charge is 0.0323 e. The minimum Gasteiger partial charge on any atom is -0.107 e. The molecule has 2 heterocycles. The van der Waals surface area contributed by atoms with Gasteiger partial charge < -0.3 is 0 Å². The van der Waals surface area contributed by atoms with Crippen molar-refractivity contribution in [3.05, 3.63) is 0 Å². The second-order valence-electron chi connectivity index (χ2n) is 5.87. The van der Waals surface area contributed by atoms with Crippen molar-refractivity contribution in [1.29, 1.82) is 0 Å². The van der Waals surface area contributed by atoms with Gasteiger partial charge in [-0.15, -0.1) is 15.8 Å². The molecule has 17 heavy (non-hydrogen) atoms. The standard InChI is InChI=1S/C15H30P2/c1-2-6-11-16(10-5-1)14-9-15-17-12-7-3-4-8-13-17/h1-15H2. The quantitative estimate of drug-likeness (QED) is 0.594. The molecular formula is C15H30P2. The largest absolute Gasteiger partial charge is 0.107 e. The summed E-state index contributed by atoms with van der Waals surface area (Å²) >= 11 is 0. The van der Waals surface area contributed by atoms with E-state index in [0.29, 0.717) is 15.8 Å². The van der Waals surface area contributed by atoms with E-state index in [1.807, 2.05) is 0 Å². The molecule has 0 aromatic carbocycles. The summed E-state index contributed by atoms with van der Waals surface area (Å²) in [5.74, 6) is 0. The Kier molecular flexibility index (Phi) is 7.45. The lowest BCUT2D eigenvalue weighted by atomic mass is 10.2. The molecular weight excluding hydrogens is 242 g/mol. The topological polar surface area (TPSA) is 0 Å². The minimum absolute atomic E-state index is 0.478. The van der Waals surface area contributed by atoms with E-state index < -0.39 is 0 Å². The monoisotopic (exact) mass is 272 g/mol. The molecule has 2 saturated heterocycles. The lowest BCUT2D eigenvalue weighted by Gasteiger charge is -2.18. The van der Waals surface area contributed by atoms with E-state index in [0.717, 1.165) is 0 Å². The summed E-state index contributed by atoms with van der Waals surface area (Å²) in [4.78, 5) is 0. The van der Waals surface area contributed by atoms with Crippen molar-refractivity contribution >= 4 is 15.8 Å². The van der Waals surface area contributed by atoms with E-state index in [4.69, 9.17) is 0 Å². The lowest BCUT2D eigenvalue weighted by molar-refractivity contribution is 0.726. The van der Waals surface area contributed by atoms with Crippen LogP contribution in [-0.4, -0.2) is 37.0 Å². The molecule has 0 aromatic heterocycles. The molecule has 0 amide bonds. The highest BCUT2D eigenvalue weighted by Crippen LogP contribution is 2.45. The zero-order chi connectivity index (χ0) is 11.8. The molecule has 0 N–H and O–H groups in total. The third-order valence-electron chi connectivity index (χ3n) is 4.35. The first-order valence-corrected chi connectivity index (χ1v) is 11.7. The highest BCUT2D eigenvalue weighted by Gasteiger charge is 2.14. The van der Waals surface area contributed by atoms with Crippen molar-refractivity contribution in [2.45, 2.75) is 57.8 Å². The van der Waals surface area contributed by atoms with Crippen molar-refractivity contribution in [3.63, 3.8) is 0 Å². The maximum atomic E-state index is 1.63. The van der Waals surface area contributed by atoms with Gasteiger partial charge in [-0.05, 0) is 69.1 Å². The van der Waals surface area contributed by atoms with Crippen molar-refractivity contribution < 1.29 is 0 Å². The van der Waals surface area contributed by atoms with Crippen LogP contribution in [0.15, 0.2) is 0 Å². The second kappa shape index (κ2) is 8.87. The van der Waals surface area contributed by atoms with Gasteiger partial charge in [-0.1, -0.05) is 25.7 Å². The van der Waals surface area contributed by atoms with Gasteiger partial charge in [-0.2, -0.15) is 0 Å². The van der Waals surface area contributed by atoms with Crippen LogP contribution in [0.2, 0.25) is 0 Å². The minimum atomic E-state index is 0.478. The Bertz CT molecular complexity index is 157. The Morgan fingerprint density at radius 2 is 0.824 bits per heavy atom. The SMILES string of the molecule is C1CCCP(CCCP2CCCCCC2)CC1. The molecule has 2 aliphatic heterocycles. The first-order chi connectivity index (χ1) is 8.45. The molecule has 0 nitrogen and oxygen atoms in total. The van der Waals surface area contributed by atoms with E-state index in [2.05, 4.69) is 0 Å². The van der Waals surface area contributed by atoms with Crippen LogP contribution < -0.4 is 0 Å². The summed E-state index contributed by atoms with van der Waals surface area (Å²) in [7, 11) is 0.957. The number of rotatable bonds is 4. The average Bonchev–Trinajstić information content (AvgIpc) is 2.73. The van der Waals surface area contributed by atoms with Gasteiger partial charge >= 0.3 is 0 Å². The van der Waals surface area contributed by atoms with Crippen LogP contribution in [0.25, 0.3) is 0 Å². The van der Waals surface area contributed by atoms with Crippen molar-refractivity contribution in [2.75, 3.05) is 37.0 Å². The first-order valence-electron chi connectivity index (χ1n) is 7.90. The molecule has 0 atom stereocenters. The van der Waals surface area contributed by atoms with Crippen LogP contribution in [0, 0.1) is 0 Å². The highest BCUT2D eigenvalue weighted by molar-refractivity contribution is 7.58. The van der Waals surface area contributed by atoms with Gasteiger partial charge in [0.25, 0.3) is 0 Å². The molecule has 100 valence electrons. The fraction of sp³-hybridized carbons (Fsp3) is 1.00. The molecule has 2 heteroatoms. The van der Waals surface area contributed by atoms with Crippen molar-refractivity contribution in [3.8, 4) is 0 Å². The molecule has 2 rings (SSSR count). The van der Waals surface area contributed by atoms with Gasteiger partial charge in [0.1, 0.15) is 0 Å². The first kappa shape index (κ1) is 14.3. The maximum Gasteiger partial charge on any atom is -0.0323 e. The normalized spacial score (nSPS) is 25.4. The third kappa shape index (κ3) is 6.02. The van der Waals surface area contributed by atoms with Gasteiger partial charge in [0, 0.05) is 0 Å². The van der Waals surface area contributed by atoms with E-state index in [9.17, 15) is 0 Å². The van der Waals surface area contributed by atoms with Crippen LogP contribution in [0.4, 0.5) is 0 Å². The Labute approximate surface area is 111 Å². The zero-order valence-electron chi connectivity index (χ0n) is 11.5. The Morgan fingerprint density at radius 3 is 1.18 bits per heavy atom. The summed E-state index contributed by atoms with van der Waals surface area (Å²) in [5.41, 5.74) is 0. The second-order valence-corrected chi connectivity index (χ2v) is 11.2. The van der Waals surface area contributed by atoms with E-state index >= 15 is 0 Å². The fourth-order valence-electron chi connectivity index (χ4n) is 3.24. The van der Waals surface area contributed by atoms with Gasteiger partial charge in [-0.25, -0.2) is 0 Å². The third-order valence-corrected chi connectivity index (χ3v) is 10.0. The zero-order valence-corrected chi connectivity index (χ0v) is 13.3. The number of hydrogen-bond acceptors (Lipinski definition) is 0. The molecule has 2 fully saturated rings. The summed E-state index contributed by atoms with van der Waals surface area (Å²) in [5, 5.41) is 0. The Morgan fingerprint density at radius 1 is 0.471 bits per heavy atom. The van der Waals surface area contributed by atoms with Crippen LogP contribution in [0.3, 0.4) is 0 Å². The summed E-state index contributed by atoms with van der Waals surface area (Å²) in [6.45, 7) is 0. The maximum absolute atomic E-state index is 1.63. The molecule has 0 aromatic rings. The molecule has 0 radical (unpaired) electrons. The number of hydrogen-bond donors (Lipinski definition) is 0. The summed E-state index contributed by atoms with van der Waals surface area (Å²) < 4.78 is 0. The van der Waals surface area contributed by atoms with E-state index in [1.54, 1.807) is 69.1 Å². The van der Waals surface area contributed by atoms with Gasteiger partial charge in [-0.3, -0.25) is 0 Å². The molecule has 2 aliphatic rings. The van der Waals surface area contributed by atoms with Crippen LogP contribution in [-0.2, 0) is 0 Å². The fourth-order valence-corrected chi connectivity index (χ4v) is 8.72. The highest BCUT2D eigenvalue weighted by atomic mass is 31.1. The Balaban J connectivity index is 1.57. The van der Waals surface area contributed by atoms with Crippen LogP contribution >= 0.6 is 15.8 Å². The summed E-state index contributed by atoms with van der Waals surface area (Å²) in [6, 6.07) is 0. The summed E-state index contributed by atoms with van der Waals surface area (Å²) in [6.07, 6.45) is 23.7. The average molecular weight is 272 g/mol. The van der Waals surface area contributed by atoms with Gasteiger partial charge in [0.15, 0.2) is 0 Å². The van der Waals surface area contributed by atoms with Crippen LogP contribution in [0.5, 0.6) is 0 Å². The molecule has 0 spiro atoms. The molecule has 0 unspecified atom stereocenters. The molecule has 0 aliphatic carbocycles. The van der Waals surface area contributed by atoms with Gasteiger partial charge in [0.2, 0.25) is 0 Å². The lowest BCUT2D eigenvalue weighted by Crippen LogP contribution is -1.98. The predicted octanol–water partition coefficient (Wildman–Crippen LogP) is 5.49. The van der Waals surface area contributed by atoms with Crippen molar-refractivity contribution in [2.24, 2.45) is 0 Å². The van der Waals surface area contributed by atoms with E-state index in [-0.39, 0.29) is 0 Å². The van der Waals surface area contributed by atoms with E-state index in [1.165, 1.54) is 25.7 Å². The van der Waals surface area contributed by atoms with Gasteiger partial charge in [0.05, 0.1) is 0 Å². The van der Waals surface area contributed by atoms with Crippen LogP contribution in [0.1, 0.15) is 57.8 Å². The predicted molar refractivity (Wildman–Crippen MR) is 84.6 cm³/mol. The molecule has 0 saturated carbocycles. The van der Waals surface area contributed by atoms with Crippen molar-refractivity contribution in [1.82, 2.24) is 0 Å². The Hall–Kier alpha value is 0.860. The molecule has 0 bridgehead atoms.